The van der Waals surface area contributed by atoms with Gasteiger partial charge in [-0.15, -0.1) is 0 Å². The molecule has 0 aliphatic heterocycles. The summed E-state index contributed by atoms with van der Waals surface area (Å²) in [6, 6.07) is 1.16. The number of halogens is 1. The van der Waals surface area contributed by atoms with Gasteiger partial charge in [0.25, 0.3) is 0 Å². The maximum Gasteiger partial charge on any atom is 0.241 e. The standard InChI is InChI=1S/C11H17ClN4O2/c1-4-18-6-10-15-8(12)5-9(16-10)14-7(2)11(17)13-3/h5,7H,4,6H2,1-3H3,(H,13,17)(H,14,15,16). The van der Waals surface area contributed by atoms with E-state index in [1.165, 1.54) is 0 Å². The number of likely N-dealkylation sites (N-methyl/N-ethyl adjacent to an activating group) is 1. The van der Waals surface area contributed by atoms with Gasteiger partial charge in [0.1, 0.15) is 23.6 Å². The molecule has 0 aliphatic carbocycles. The number of hydrogen-bond donors (Lipinski definition) is 2. The summed E-state index contributed by atoms with van der Waals surface area (Å²) in [5.74, 6) is 0.854. The van der Waals surface area contributed by atoms with Crippen LogP contribution in [0.1, 0.15) is 19.7 Å². The Morgan fingerprint density at radius 1 is 1.56 bits per heavy atom. The zero-order chi connectivity index (χ0) is 13.5. The first kappa shape index (κ1) is 14.7. The minimum Gasteiger partial charge on any atom is -0.374 e. The smallest absolute Gasteiger partial charge is 0.241 e. The number of aromatic nitrogens is 2. The highest BCUT2D eigenvalue weighted by Crippen LogP contribution is 2.13. The van der Waals surface area contributed by atoms with Crippen molar-refractivity contribution in [1.82, 2.24) is 15.3 Å². The van der Waals surface area contributed by atoms with Gasteiger partial charge in [0.2, 0.25) is 5.91 Å². The van der Waals surface area contributed by atoms with E-state index in [9.17, 15) is 4.79 Å². The average molecular weight is 273 g/mol. The van der Waals surface area contributed by atoms with Crippen molar-refractivity contribution in [3.05, 3.63) is 17.0 Å². The summed E-state index contributed by atoms with van der Waals surface area (Å²) in [6.45, 7) is 4.49. The van der Waals surface area contributed by atoms with E-state index >= 15 is 0 Å². The third-order valence-electron chi connectivity index (χ3n) is 2.18. The fraction of sp³-hybridized carbons (Fsp3) is 0.545. The van der Waals surface area contributed by atoms with Crippen molar-refractivity contribution in [3.8, 4) is 0 Å². The van der Waals surface area contributed by atoms with Crippen molar-refractivity contribution in [3.63, 3.8) is 0 Å². The Labute approximate surface area is 111 Å². The lowest BCUT2D eigenvalue weighted by Crippen LogP contribution is -2.35. The molecule has 1 unspecified atom stereocenters. The van der Waals surface area contributed by atoms with Crippen LogP contribution in [0.4, 0.5) is 5.82 Å². The molecule has 6 nitrogen and oxygen atoms in total. The third kappa shape index (κ3) is 4.46. The Morgan fingerprint density at radius 2 is 2.28 bits per heavy atom. The second-order valence-corrected chi connectivity index (χ2v) is 4.00. The van der Waals surface area contributed by atoms with Crippen molar-refractivity contribution < 1.29 is 9.53 Å². The molecular formula is C11H17ClN4O2. The SMILES string of the molecule is CCOCc1nc(Cl)cc(NC(C)C(=O)NC)n1. The Bertz CT molecular complexity index is 414. The number of amides is 1. The lowest BCUT2D eigenvalue weighted by molar-refractivity contribution is -0.121. The maximum atomic E-state index is 11.4. The minimum atomic E-state index is -0.402. The van der Waals surface area contributed by atoms with Gasteiger partial charge in [0, 0.05) is 19.7 Å². The monoisotopic (exact) mass is 272 g/mol. The number of carbonyl (C=O) groups excluding carboxylic acids is 1. The van der Waals surface area contributed by atoms with Crippen LogP contribution in [0.5, 0.6) is 0 Å². The van der Waals surface area contributed by atoms with Gasteiger partial charge in [-0.25, -0.2) is 9.97 Å². The largest absolute Gasteiger partial charge is 0.374 e. The number of nitrogens with zero attached hydrogens (tertiary/aromatic N) is 2. The number of carbonyl (C=O) groups is 1. The van der Waals surface area contributed by atoms with E-state index in [0.29, 0.717) is 30.0 Å². The van der Waals surface area contributed by atoms with Crippen LogP contribution in [-0.4, -0.2) is 35.6 Å². The van der Waals surface area contributed by atoms with E-state index in [4.69, 9.17) is 16.3 Å². The zero-order valence-electron chi connectivity index (χ0n) is 10.7. The molecule has 1 aromatic heterocycles. The predicted molar refractivity (Wildman–Crippen MR) is 69.5 cm³/mol. The quantitative estimate of drug-likeness (QED) is 0.762. The van der Waals surface area contributed by atoms with Crippen LogP contribution in [-0.2, 0) is 16.1 Å². The second-order valence-electron chi connectivity index (χ2n) is 3.61. The summed E-state index contributed by atoms with van der Waals surface area (Å²) in [4.78, 5) is 19.6. The number of hydrogen-bond acceptors (Lipinski definition) is 5. The number of anilines is 1. The molecule has 1 amide bonds. The Morgan fingerprint density at radius 3 is 2.89 bits per heavy atom. The molecule has 1 atom stereocenters. The van der Waals surface area contributed by atoms with Gasteiger partial charge in [-0.2, -0.15) is 0 Å². The van der Waals surface area contributed by atoms with E-state index in [2.05, 4.69) is 20.6 Å². The average Bonchev–Trinajstić information content (AvgIpc) is 2.34. The van der Waals surface area contributed by atoms with Gasteiger partial charge in [0.05, 0.1) is 0 Å². The highest BCUT2D eigenvalue weighted by molar-refractivity contribution is 6.29. The lowest BCUT2D eigenvalue weighted by Gasteiger charge is -2.13. The molecule has 2 N–H and O–H groups in total. The molecule has 0 bridgehead atoms. The summed E-state index contributed by atoms with van der Waals surface area (Å²) >= 11 is 5.88. The molecule has 0 saturated carbocycles. The fourth-order valence-corrected chi connectivity index (χ4v) is 1.50. The number of nitrogens with one attached hydrogen (secondary N) is 2. The minimum absolute atomic E-state index is 0.129. The van der Waals surface area contributed by atoms with E-state index in [0.717, 1.165) is 0 Å². The van der Waals surface area contributed by atoms with Crippen LogP contribution in [0.2, 0.25) is 5.15 Å². The zero-order valence-corrected chi connectivity index (χ0v) is 11.4. The summed E-state index contributed by atoms with van der Waals surface area (Å²) in [5.41, 5.74) is 0. The first-order valence-electron chi connectivity index (χ1n) is 5.66. The van der Waals surface area contributed by atoms with Gasteiger partial charge in [-0.3, -0.25) is 4.79 Å². The molecule has 100 valence electrons. The highest BCUT2D eigenvalue weighted by Gasteiger charge is 2.12. The third-order valence-corrected chi connectivity index (χ3v) is 2.37. The molecule has 0 aromatic carbocycles. The van der Waals surface area contributed by atoms with E-state index in [-0.39, 0.29) is 5.91 Å². The van der Waals surface area contributed by atoms with Crippen LogP contribution in [0.15, 0.2) is 6.07 Å². The van der Waals surface area contributed by atoms with E-state index in [1.807, 2.05) is 6.92 Å². The molecule has 1 heterocycles. The van der Waals surface area contributed by atoms with Crippen LogP contribution >= 0.6 is 11.6 Å². The maximum absolute atomic E-state index is 11.4. The van der Waals surface area contributed by atoms with Crippen molar-refractivity contribution in [2.45, 2.75) is 26.5 Å². The summed E-state index contributed by atoms with van der Waals surface area (Å²) in [5, 5.41) is 5.80. The molecular weight excluding hydrogens is 256 g/mol. The summed E-state index contributed by atoms with van der Waals surface area (Å²) in [6.07, 6.45) is 0. The Kier molecular flexibility index (Phi) is 5.80. The lowest BCUT2D eigenvalue weighted by atomic mass is 10.3. The van der Waals surface area contributed by atoms with Crippen LogP contribution < -0.4 is 10.6 Å². The fourth-order valence-electron chi connectivity index (χ4n) is 1.30. The number of ether oxygens (including phenoxy) is 1. The molecule has 7 heteroatoms. The Hall–Kier alpha value is -1.40. The van der Waals surface area contributed by atoms with Gasteiger partial charge in [-0.05, 0) is 13.8 Å². The van der Waals surface area contributed by atoms with Crippen LogP contribution in [0.25, 0.3) is 0 Å². The molecule has 0 radical (unpaired) electrons. The molecule has 0 aliphatic rings. The van der Waals surface area contributed by atoms with Crippen molar-refractivity contribution >= 4 is 23.3 Å². The topological polar surface area (TPSA) is 76.1 Å². The van der Waals surface area contributed by atoms with E-state index in [1.54, 1.807) is 20.0 Å². The van der Waals surface area contributed by atoms with E-state index < -0.39 is 6.04 Å². The summed E-state index contributed by atoms with van der Waals surface area (Å²) in [7, 11) is 1.58. The van der Waals surface area contributed by atoms with Gasteiger partial charge in [-0.1, -0.05) is 11.6 Å². The summed E-state index contributed by atoms with van der Waals surface area (Å²) < 4.78 is 5.21. The van der Waals surface area contributed by atoms with Crippen LogP contribution in [0, 0.1) is 0 Å². The molecule has 0 saturated heterocycles. The first-order chi connectivity index (χ1) is 8.56. The van der Waals surface area contributed by atoms with Crippen molar-refractivity contribution in [2.75, 3.05) is 19.0 Å². The normalized spacial score (nSPS) is 12.0. The highest BCUT2D eigenvalue weighted by atomic mass is 35.5. The first-order valence-corrected chi connectivity index (χ1v) is 6.04. The van der Waals surface area contributed by atoms with Gasteiger partial charge >= 0.3 is 0 Å². The van der Waals surface area contributed by atoms with Crippen molar-refractivity contribution in [2.24, 2.45) is 0 Å². The molecule has 1 rings (SSSR count). The Balaban J connectivity index is 2.76. The molecule has 18 heavy (non-hydrogen) atoms. The second kappa shape index (κ2) is 7.13. The number of rotatable bonds is 6. The predicted octanol–water partition coefficient (Wildman–Crippen LogP) is 1.21. The molecule has 0 fully saturated rings. The molecule has 1 aromatic rings. The van der Waals surface area contributed by atoms with Gasteiger partial charge in [0.15, 0.2) is 5.82 Å². The van der Waals surface area contributed by atoms with Crippen molar-refractivity contribution in [1.29, 1.82) is 0 Å². The molecule has 0 spiro atoms. The van der Waals surface area contributed by atoms with Crippen LogP contribution in [0.3, 0.4) is 0 Å². The van der Waals surface area contributed by atoms with Gasteiger partial charge < -0.3 is 15.4 Å².